The van der Waals surface area contributed by atoms with E-state index in [1.807, 2.05) is 18.2 Å². The summed E-state index contributed by atoms with van der Waals surface area (Å²) in [4.78, 5) is 30.2. The number of rotatable bonds is 5. The van der Waals surface area contributed by atoms with E-state index in [4.69, 9.17) is 5.11 Å². The Bertz CT molecular complexity index is 1260. The molecule has 4 aromatic rings. The molecular formula is C20H17N5O4. The second kappa shape index (κ2) is 7.47. The first kappa shape index (κ1) is 18.2. The Morgan fingerprint density at radius 2 is 2.10 bits per heavy atom. The van der Waals surface area contributed by atoms with E-state index < -0.39 is 6.16 Å². The Morgan fingerprint density at radius 3 is 2.90 bits per heavy atom. The summed E-state index contributed by atoms with van der Waals surface area (Å²) < 4.78 is 5.77. The van der Waals surface area contributed by atoms with Crippen LogP contribution in [-0.4, -0.2) is 31.0 Å². The van der Waals surface area contributed by atoms with Crippen molar-refractivity contribution >= 4 is 22.7 Å². The number of nitrogens with zero attached hydrogens (tertiary/aromatic N) is 3. The van der Waals surface area contributed by atoms with Gasteiger partial charge in [0.2, 0.25) is 5.95 Å². The molecule has 4 rings (SSSR count). The minimum atomic E-state index is -1.45. The first-order valence-electron chi connectivity index (χ1n) is 8.78. The van der Waals surface area contributed by atoms with Crippen LogP contribution in [-0.2, 0) is 6.54 Å². The average molecular weight is 391 g/mol. The molecule has 0 saturated carbocycles. The van der Waals surface area contributed by atoms with Crippen molar-refractivity contribution < 1.29 is 14.6 Å². The molecule has 3 N–H and O–H groups in total. The van der Waals surface area contributed by atoms with Crippen molar-refractivity contribution in [1.82, 2.24) is 19.7 Å². The first-order valence-corrected chi connectivity index (χ1v) is 8.78. The van der Waals surface area contributed by atoms with Crippen LogP contribution in [0.4, 0.5) is 10.5 Å². The largest absolute Gasteiger partial charge is 0.511 e. The maximum atomic E-state index is 12.5. The highest BCUT2D eigenvalue weighted by molar-refractivity contribution is 5.81. The number of aromatic nitrogens is 4. The molecule has 0 saturated heterocycles. The van der Waals surface area contributed by atoms with E-state index in [0.717, 1.165) is 5.69 Å². The number of ether oxygens (including phenoxy) is 1. The fourth-order valence-electron chi connectivity index (χ4n) is 2.93. The summed E-state index contributed by atoms with van der Waals surface area (Å²) in [5, 5.41) is 16.4. The van der Waals surface area contributed by atoms with Gasteiger partial charge in [-0.3, -0.25) is 9.78 Å². The van der Waals surface area contributed by atoms with Gasteiger partial charge in [0, 0.05) is 12.2 Å². The SMILES string of the molecule is Cc1ccccc1CNc1ccc2nc(-n3cc(OC(=O)O)cn3)[nH]c(=O)c2c1. The molecule has 146 valence electrons. The number of aryl methyl sites for hydroxylation is 1. The number of nitrogens with one attached hydrogen (secondary N) is 2. The monoisotopic (exact) mass is 391 g/mol. The van der Waals surface area contributed by atoms with Crippen molar-refractivity contribution in [2.24, 2.45) is 0 Å². The van der Waals surface area contributed by atoms with Crippen molar-refractivity contribution in [2.45, 2.75) is 13.5 Å². The van der Waals surface area contributed by atoms with Crippen LogP contribution in [0.15, 0.2) is 59.7 Å². The van der Waals surface area contributed by atoms with E-state index >= 15 is 0 Å². The van der Waals surface area contributed by atoms with Crippen LogP contribution in [0.2, 0.25) is 0 Å². The highest BCUT2D eigenvalue weighted by Gasteiger charge is 2.10. The Kier molecular flexibility index (Phi) is 4.70. The molecule has 29 heavy (non-hydrogen) atoms. The zero-order chi connectivity index (χ0) is 20.4. The average Bonchev–Trinajstić information content (AvgIpc) is 3.15. The summed E-state index contributed by atoms with van der Waals surface area (Å²) >= 11 is 0. The van der Waals surface area contributed by atoms with Crippen LogP contribution in [0.25, 0.3) is 16.9 Å². The Morgan fingerprint density at radius 1 is 1.28 bits per heavy atom. The van der Waals surface area contributed by atoms with Gasteiger partial charge in [-0.15, -0.1) is 0 Å². The van der Waals surface area contributed by atoms with Gasteiger partial charge < -0.3 is 15.2 Å². The lowest BCUT2D eigenvalue weighted by atomic mass is 10.1. The number of aromatic amines is 1. The second-order valence-electron chi connectivity index (χ2n) is 6.39. The molecule has 0 atom stereocenters. The predicted molar refractivity (Wildman–Crippen MR) is 107 cm³/mol. The summed E-state index contributed by atoms with van der Waals surface area (Å²) in [6, 6.07) is 13.4. The van der Waals surface area contributed by atoms with E-state index in [1.54, 1.807) is 12.1 Å². The van der Waals surface area contributed by atoms with Gasteiger partial charge in [0.05, 0.1) is 23.3 Å². The van der Waals surface area contributed by atoms with E-state index in [0.29, 0.717) is 17.4 Å². The standard InChI is InChI=1S/C20H17N5O4/c1-12-4-2-3-5-13(12)9-21-14-6-7-17-16(8-14)18(26)24-19(23-17)25-11-15(10-22-25)29-20(27)28/h2-8,10-11,21H,9H2,1H3,(H,27,28)(H,23,24,26). The van der Waals surface area contributed by atoms with Crippen LogP contribution >= 0.6 is 0 Å². The molecule has 0 unspecified atom stereocenters. The molecule has 0 aliphatic carbocycles. The summed E-state index contributed by atoms with van der Waals surface area (Å²) in [7, 11) is 0. The molecule has 0 aliphatic rings. The lowest BCUT2D eigenvalue weighted by molar-refractivity contribution is 0.144. The van der Waals surface area contributed by atoms with Crippen LogP contribution < -0.4 is 15.6 Å². The van der Waals surface area contributed by atoms with Crippen LogP contribution in [0, 0.1) is 6.92 Å². The van der Waals surface area contributed by atoms with Gasteiger partial charge >= 0.3 is 6.16 Å². The summed E-state index contributed by atoms with van der Waals surface area (Å²) in [6.07, 6.45) is 1.09. The fraction of sp³-hybridized carbons (Fsp3) is 0.100. The van der Waals surface area contributed by atoms with E-state index in [2.05, 4.69) is 44.2 Å². The van der Waals surface area contributed by atoms with E-state index in [1.165, 1.54) is 28.2 Å². The number of carboxylic acid groups (broad SMARTS) is 1. The maximum Gasteiger partial charge on any atom is 0.511 e. The van der Waals surface area contributed by atoms with Crippen molar-refractivity contribution in [2.75, 3.05) is 5.32 Å². The van der Waals surface area contributed by atoms with Crippen LogP contribution in [0.3, 0.4) is 0 Å². The first-order chi connectivity index (χ1) is 14.0. The van der Waals surface area contributed by atoms with Crippen LogP contribution in [0.5, 0.6) is 5.75 Å². The van der Waals surface area contributed by atoms with Crippen molar-refractivity contribution in [1.29, 1.82) is 0 Å². The van der Waals surface area contributed by atoms with Crippen molar-refractivity contribution in [3.63, 3.8) is 0 Å². The third-order valence-corrected chi connectivity index (χ3v) is 4.42. The topological polar surface area (TPSA) is 122 Å². The van der Waals surface area contributed by atoms with Crippen molar-refractivity contribution in [3.8, 4) is 11.7 Å². The molecule has 9 heteroatoms. The molecular weight excluding hydrogens is 374 g/mol. The van der Waals surface area contributed by atoms with Gasteiger partial charge in [-0.2, -0.15) is 5.10 Å². The zero-order valence-corrected chi connectivity index (χ0v) is 15.4. The molecule has 2 heterocycles. The minimum absolute atomic E-state index is 0.0241. The molecule has 2 aromatic heterocycles. The molecule has 9 nitrogen and oxygen atoms in total. The smallest absolute Gasteiger partial charge is 0.449 e. The second-order valence-corrected chi connectivity index (χ2v) is 6.39. The third-order valence-electron chi connectivity index (χ3n) is 4.42. The Hall–Kier alpha value is -4.14. The van der Waals surface area contributed by atoms with Crippen molar-refractivity contribution in [3.05, 3.63) is 76.3 Å². The molecule has 0 bridgehead atoms. The van der Waals surface area contributed by atoms with E-state index in [9.17, 15) is 9.59 Å². The highest BCUT2D eigenvalue weighted by atomic mass is 16.7. The predicted octanol–water partition coefficient (Wildman–Crippen LogP) is 3.09. The van der Waals surface area contributed by atoms with Gasteiger partial charge in [-0.05, 0) is 36.2 Å². The number of anilines is 1. The number of benzene rings is 2. The van der Waals surface area contributed by atoms with Crippen LogP contribution in [0.1, 0.15) is 11.1 Å². The lowest BCUT2D eigenvalue weighted by Gasteiger charge is -2.10. The Labute approximate surface area is 164 Å². The van der Waals surface area contributed by atoms with Gasteiger partial charge in [-0.1, -0.05) is 24.3 Å². The maximum absolute atomic E-state index is 12.5. The molecule has 0 aliphatic heterocycles. The number of carbonyl (C=O) groups is 1. The molecule has 2 aromatic carbocycles. The summed E-state index contributed by atoms with van der Waals surface area (Å²) in [5.74, 6) is 0.180. The third kappa shape index (κ3) is 3.93. The molecule has 0 radical (unpaired) electrons. The number of hydrogen-bond donors (Lipinski definition) is 3. The number of hydrogen-bond acceptors (Lipinski definition) is 6. The lowest BCUT2D eigenvalue weighted by Crippen LogP contribution is -2.14. The summed E-state index contributed by atoms with van der Waals surface area (Å²) in [5.41, 5.74) is 3.32. The quantitative estimate of drug-likeness (QED) is 0.447. The van der Waals surface area contributed by atoms with Gasteiger partial charge in [0.1, 0.15) is 0 Å². The fourth-order valence-corrected chi connectivity index (χ4v) is 2.93. The van der Waals surface area contributed by atoms with Gasteiger partial charge in [-0.25, -0.2) is 14.5 Å². The van der Waals surface area contributed by atoms with Gasteiger partial charge in [0.25, 0.3) is 5.56 Å². The number of fused-ring (bicyclic) bond motifs is 1. The molecule has 0 spiro atoms. The van der Waals surface area contributed by atoms with E-state index in [-0.39, 0.29) is 17.3 Å². The molecule has 0 fully saturated rings. The number of H-pyrrole nitrogens is 1. The summed E-state index contributed by atoms with van der Waals surface area (Å²) in [6.45, 7) is 2.69. The normalized spacial score (nSPS) is 10.8. The molecule has 0 amide bonds. The minimum Gasteiger partial charge on any atom is -0.449 e. The highest BCUT2D eigenvalue weighted by Crippen LogP contribution is 2.18. The zero-order valence-electron chi connectivity index (χ0n) is 15.4. The Balaban J connectivity index is 1.60. The van der Waals surface area contributed by atoms with Gasteiger partial charge in [0.15, 0.2) is 5.75 Å².